The van der Waals surface area contributed by atoms with Gasteiger partial charge in [-0.1, -0.05) is 0 Å². The van der Waals surface area contributed by atoms with Crippen molar-refractivity contribution < 1.29 is 9.21 Å². The van der Waals surface area contributed by atoms with Gasteiger partial charge in [0.05, 0.1) is 12.0 Å². The maximum atomic E-state index is 12.1. The van der Waals surface area contributed by atoms with E-state index in [0.29, 0.717) is 6.42 Å². The van der Waals surface area contributed by atoms with Gasteiger partial charge in [0.1, 0.15) is 0 Å². The highest BCUT2D eigenvalue weighted by molar-refractivity contribution is 6.00. The first-order valence-electron chi connectivity index (χ1n) is 7.97. The van der Waals surface area contributed by atoms with Crippen LogP contribution in [-0.2, 0) is 4.79 Å². The maximum absolute atomic E-state index is 12.1. The number of furan rings is 1. The average molecular weight is 299 g/mol. The van der Waals surface area contributed by atoms with Gasteiger partial charge in [-0.25, -0.2) is 0 Å². The second-order valence-corrected chi connectivity index (χ2v) is 6.24. The van der Waals surface area contributed by atoms with Crippen molar-refractivity contribution in [3.05, 3.63) is 24.5 Å². The summed E-state index contributed by atoms with van der Waals surface area (Å²) in [5, 5.41) is 1.08. The van der Waals surface area contributed by atoms with Crippen LogP contribution in [0.5, 0.6) is 0 Å². The lowest BCUT2D eigenvalue weighted by Gasteiger charge is -2.34. The standard InChI is InChI=1S/C17H21N3O2/c1-18-6-8-19(9-7-18)15-12-14(20-5-2-3-16(20)21)11-13-4-10-22-17(13)15/h4,10-12H,2-3,5-9H2,1H3. The Kier molecular flexibility index (Phi) is 3.30. The Labute approximate surface area is 130 Å². The molecule has 0 aliphatic carbocycles. The fraction of sp³-hybridized carbons (Fsp3) is 0.471. The number of carbonyl (C=O) groups is 1. The van der Waals surface area contributed by atoms with Crippen LogP contribution in [0.25, 0.3) is 11.0 Å². The van der Waals surface area contributed by atoms with E-state index in [1.807, 2.05) is 11.0 Å². The summed E-state index contributed by atoms with van der Waals surface area (Å²) in [4.78, 5) is 18.7. The molecule has 1 amide bonds. The van der Waals surface area contributed by atoms with Gasteiger partial charge in [-0.15, -0.1) is 0 Å². The molecule has 2 fully saturated rings. The molecule has 116 valence electrons. The fourth-order valence-electron chi connectivity index (χ4n) is 3.41. The minimum Gasteiger partial charge on any atom is -0.462 e. The summed E-state index contributed by atoms with van der Waals surface area (Å²) < 4.78 is 5.71. The Bertz CT molecular complexity index is 701. The molecule has 5 nitrogen and oxygen atoms in total. The van der Waals surface area contributed by atoms with Gasteiger partial charge in [-0.05, 0) is 31.7 Å². The third-order valence-electron chi connectivity index (χ3n) is 4.75. The Morgan fingerprint density at radius 2 is 1.91 bits per heavy atom. The van der Waals surface area contributed by atoms with E-state index in [9.17, 15) is 4.79 Å². The molecular formula is C17H21N3O2. The van der Waals surface area contributed by atoms with E-state index >= 15 is 0 Å². The van der Waals surface area contributed by atoms with Crippen molar-refractivity contribution in [2.24, 2.45) is 0 Å². The highest BCUT2D eigenvalue weighted by atomic mass is 16.3. The molecule has 0 spiro atoms. The molecule has 0 atom stereocenters. The molecule has 4 rings (SSSR count). The van der Waals surface area contributed by atoms with E-state index in [1.165, 1.54) is 0 Å². The van der Waals surface area contributed by atoms with Gasteiger partial charge in [0.15, 0.2) is 5.58 Å². The Hall–Kier alpha value is -2.01. The molecule has 0 unspecified atom stereocenters. The molecule has 3 heterocycles. The van der Waals surface area contributed by atoms with Crippen molar-refractivity contribution in [1.29, 1.82) is 0 Å². The van der Waals surface area contributed by atoms with E-state index in [4.69, 9.17) is 4.42 Å². The summed E-state index contributed by atoms with van der Waals surface area (Å²) in [6, 6.07) is 6.18. The van der Waals surface area contributed by atoms with Crippen molar-refractivity contribution in [2.75, 3.05) is 49.6 Å². The van der Waals surface area contributed by atoms with Crippen molar-refractivity contribution in [2.45, 2.75) is 12.8 Å². The van der Waals surface area contributed by atoms with Crippen molar-refractivity contribution in [1.82, 2.24) is 4.90 Å². The van der Waals surface area contributed by atoms with E-state index in [-0.39, 0.29) is 5.91 Å². The van der Waals surface area contributed by atoms with Crippen LogP contribution in [0.3, 0.4) is 0 Å². The maximum Gasteiger partial charge on any atom is 0.227 e. The fourth-order valence-corrected chi connectivity index (χ4v) is 3.41. The summed E-state index contributed by atoms with van der Waals surface area (Å²) in [5.41, 5.74) is 3.05. The van der Waals surface area contributed by atoms with Crippen LogP contribution in [0, 0.1) is 0 Å². The van der Waals surface area contributed by atoms with Gasteiger partial charge in [-0.2, -0.15) is 0 Å². The van der Waals surface area contributed by atoms with Crippen LogP contribution >= 0.6 is 0 Å². The third kappa shape index (κ3) is 2.25. The van der Waals surface area contributed by atoms with Gasteiger partial charge in [0.2, 0.25) is 5.91 Å². The van der Waals surface area contributed by atoms with E-state index in [2.05, 4.69) is 29.0 Å². The van der Waals surface area contributed by atoms with Gasteiger partial charge < -0.3 is 19.1 Å². The van der Waals surface area contributed by atoms with Crippen LogP contribution < -0.4 is 9.80 Å². The molecule has 0 bridgehead atoms. The van der Waals surface area contributed by atoms with E-state index in [0.717, 1.165) is 61.5 Å². The lowest BCUT2D eigenvalue weighted by Crippen LogP contribution is -2.44. The number of hydrogen-bond acceptors (Lipinski definition) is 4. The monoisotopic (exact) mass is 299 g/mol. The van der Waals surface area contributed by atoms with Crippen molar-refractivity contribution >= 4 is 28.3 Å². The Balaban J connectivity index is 1.75. The molecule has 0 saturated carbocycles. The van der Waals surface area contributed by atoms with Crippen LogP contribution in [0.4, 0.5) is 11.4 Å². The average Bonchev–Trinajstić information content (AvgIpc) is 3.15. The third-order valence-corrected chi connectivity index (χ3v) is 4.75. The second kappa shape index (κ2) is 5.32. The van der Waals surface area contributed by atoms with E-state index in [1.54, 1.807) is 6.26 Å². The number of anilines is 2. The zero-order valence-corrected chi connectivity index (χ0v) is 12.9. The lowest BCUT2D eigenvalue weighted by atomic mass is 10.1. The predicted octanol–water partition coefficient (Wildman–Crippen LogP) is 2.31. The van der Waals surface area contributed by atoms with Crippen LogP contribution in [0.2, 0.25) is 0 Å². The predicted molar refractivity (Wildman–Crippen MR) is 87.5 cm³/mol. The van der Waals surface area contributed by atoms with Gasteiger partial charge >= 0.3 is 0 Å². The molecule has 0 N–H and O–H groups in total. The highest BCUT2D eigenvalue weighted by Gasteiger charge is 2.25. The Morgan fingerprint density at radius 1 is 1.09 bits per heavy atom. The minimum absolute atomic E-state index is 0.229. The zero-order valence-electron chi connectivity index (χ0n) is 12.9. The molecular weight excluding hydrogens is 278 g/mol. The molecule has 2 aromatic rings. The summed E-state index contributed by atoms with van der Waals surface area (Å²) >= 11 is 0. The first-order chi connectivity index (χ1) is 10.7. The number of amides is 1. The first kappa shape index (κ1) is 13.6. The summed E-state index contributed by atoms with van der Waals surface area (Å²) in [5.74, 6) is 0.229. The molecule has 1 aromatic heterocycles. The molecule has 2 saturated heterocycles. The molecule has 2 aliphatic rings. The van der Waals surface area contributed by atoms with Gasteiger partial charge in [-0.3, -0.25) is 4.79 Å². The van der Waals surface area contributed by atoms with Gasteiger partial charge in [0, 0.05) is 50.2 Å². The largest absolute Gasteiger partial charge is 0.462 e. The number of hydrogen-bond donors (Lipinski definition) is 0. The van der Waals surface area contributed by atoms with Crippen LogP contribution in [-0.4, -0.2) is 50.6 Å². The summed E-state index contributed by atoms with van der Waals surface area (Å²) in [7, 11) is 2.15. The molecule has 2 aliphatic heterocycles. The Morgan fingerprint density at radius 3 is 2.64 bits per heavy atom. The number of nitrogens with zero attached hydrogens (tertiary/aromatic N) is 3. The topological polar surface area (TPSA) is 39.9 Å². The molecule has 5 heteroatoms. The molecule has 22 heavy (non-hydrogen) atoms. The quantitative estimate of drug-likeness (QED) is 0.853. The summed E-state index contributed by atoms with van der Waals surface area (Å²) in [6.07, 6.45) is 3.35. The normalized spacial score (nSPS) is 20.3. The molecule has 1 aromatic carbocycles. The number of benzene rings is 1. The number of likely N-dealkylation sites (N-methyl/N-ethyl adjacent to an activating group) is 1. The van der Waals surface area contributed by atoms with Crippen LogP contribution in [0.15, 0.2) is 28.9 Å². The van der Waals surface area contributed by atoms with Crippen LogP contribution in [0.1, 0.15) is 12.8 Å². The summed E-state index contributed by atoms with van der Waals surface area (Å²) in [6.45, 7) is 4.90. The number of rotatable bonds is 2. The highest BCUT2D eigenvalue weighted by Crippen LogP contribution is 2.35. The van der Waals surface area contributed by atoms with Crippen molar-refractivity contribution in [3.63, 3.8) is 0 Å². The van der Waals surface area contributed by atoms with E-state index < -0.39 is 0 Å². The number of fused-ring (bicyclic) bond motifs is 1. The van der Waals surface area contributed by atoms with Gasteiger partial charge in [0.25, 0.3) is 0 Å². The second-order valence-electron chi connectivity index (χ2n) is 6.24. The minimum atomic E-state index is 0.229. The number of carbonyl (C=O) groups excluding carboxylic acids is 1. The van der Waals surface area contributed by atoms with Crippen molar-refractivity contribution in [3.8, 4) is 0 Å². The first-order valence-corrected chi connectivity index (χ1v) is 7.97. The number of piperazine rings is 1. The lowest BCUT2D eigenvalue weighted by molar-refractivity contribution is -0.117. The molecule has 0 radical (unpaired) electrons. The smallest absolute Gasteiger partial charge is 0.227 e. The zero-order chi connectivity index (χ0) is 15.1. The SMILES string of the molecule is CN1CCN(c2cc(N3CCCC3=O)cc3ccoc23)CC1.